The summed E-state index contributed by atoms with van der Waals surface area (Å²) >= 11 is 5.84. The van der Waals surface area contributed by atoms with Crippen LogP contribution in [-0.4, -0.2) is 22.7 Å². The highest BCUT2D eigenvalue weighted by Gasteiger charge is 2.05. The van der Waals surface area contributed by atoms with Gasteiger partial charge in [-0.15, -0.1) is 0 Å². The lowest BCUT2D eigenvalue weighted by Crippen LogP contribution is -2.28. The largest absolute Gasteiger partial charge is 0.484 e. The Hall–Kier alpha value is -2.01. The number of aromatic amines is 1. The van der Waals surface area contributed by atoms with Gasteiger partial charge < -0.3 is 10.1 Å². The maximum atomic E-state index is 11.6. The summed E-state index contributed by atoms with van der Waals surface area (Å²) in [6, 6.07) is 5.27. The minimum absolute atomic E-state index is 0.0275. The van der Waals surface area contributed by atoms with Gasteiger partial charge in [-0.2, -0.15) is 5.10 Å². The Morgan fingerprint density at radius 1 is 1.53 bits per heavy atom. The van der Waals surface area contributed by atoms with Gasteiger partial charge in [0.05, 0.1) is 6.20 Å². The average molecular weight is 280 g/mol. The molecule has 1 heterocycles. The van der Waals surface area contributed by atoms with Gasteiger partial charge in [-0.3, -0.25) is 9.89 Å². The molecule has 2 aromatic rings. The summed E-state index contributed by atoms with van der Waals surface area (Å²) in [5, 5.41) is 9.86. The van der Waals surface area contributed by atoms with E-state index in [1.54, 1.807) is 30.6 Å². The van der Waals surface area contributed by atoms with Crippen molar-refractivity contribution in [3.05, 3.63) is 46.7 Å². The molecular weight excluding hydrogens is 266 g/mol. The van der Waals surface area contributed by atoms with Gasteiger partial charge in [0.25, 0.3) is 5.91 Å². The van der Waals surface area contributed by atoms with Crippen LogP contribution < -0.4 is 10.1 Å². The highest BCUT2D eigenvalue weighted by molar-refractivity contribution is 6.30. The summed E-state index contributed by atoms with van der Waals surface area (Å²) in [4.78, 5) is 11.6. The standard InChI is InChI=1S/C13H14ClN3O2/c1-9-4-11(14)2-3-12(9)19-8-13(18)15-5-10-6-16-17-7-10/h2-4,6-7H,5,8H2,1H3,(H,15,18)(H,16,17). The van der Waals surface area contributed by atoms with Crippen LogP contribution >= 0.6 is 11.6 Å². The van der Waals surface area contributed by atoms with Crippen LogP contribution in [0.25, 0.3) is 0 Å². The second kappa shape index (κ2) is 6.24. The number of aryl methyl sites for hydroxylation is 1. The smallest absolute Gasteiger partial charge is 0.258 e. The first-order chi connectivity index (χ1) is 9.15. The van der Waals surface area contributed by atoms with E-state index in [1.807, 2.05) is 6.92 Å². The van der Waals surface area contributed by atoms with Gasteiger partial charge in [0.15, 0.2) is 6.61 Å². The molecule has 2 N–H and O–H groups in total. The lowest BCUT2D eigenvalue weighted by molar-refractivity contribution is -0.123. The topological polar surface area (TPSA) is 67.0 Å². The van der Waals surface area contributed by atoms with Crippen molar-refractivity contribution in [1.29, 1.82) is 0 Å². The van der Waals surface area contributed by atoms with Crippen LogP contribution in [0.5, 0.6) is 5.75 Å². The molecule has 0 saturated heterocycles. The van der Waals surface area contributed by atoms with Crippen molar-refractivity contribution < 1.29 is 9.53 Å². The average Bonchev–Trinajstić information content (AvgIpc) is 2.88. The molecule has 0 atom stereocenters. The minimum atomic E-state index is -0.185. The molecule has 0 spiro atoms. The molecule has 6 heteroatoms. The fourth-order valence-corrected chi connectivity index (χ4v) is 1.77. The molecule has 1 aromatic heterocycles. The Balaban J connectivity index is 1.80. The molecule has 19 heavy (non-hydrogen) atoms. The molecular formula is C13H14ClN3O2. The van der Waals surface area contributed by atoms with Gasteiger partial charge in [-0.05, 0) is 30.7 Å². The predicted molar refractivity (Wildman–Crippen MR) is 72.1 cm³/mol. The Morgan fingerprint density at radius 2 is 2.37 bits per heavy atom. The lowest BCUT2D eigenvalue weighted by Gasteiger charge is -2.09. The summed E-state index contributed by atoms with van der Waals surface area (Å²) in [5.41, 5.74) is 1.81. The molecule has 0 bridgehead atoms. The van der Waals surface area contributed by atoms with Crippen molar-refractivity contribution in [3.63, 3.8) is 0 Å². The van der Waals surface area contributed by atoms with Crippen molar-refractivity contribution in [2.45, 2.75) is 13.5 Å². The fourth-order valence-electron chi connectivity index (χ4n) is 1.54. The number of rotatable bonds is 5. The molecule has 5 nitrogen and oxygen atoms in total. The Bertz CT molecular complexity index is 555. The van der Waals surface area contributed by atoms with E-state index >= 15 is 0 Å². The first-order valence-electron chi connectivity index (χ1n) is 5.78. The van der Waals surface area contributed by atoms with E-state index < -0.39 is 0 Å². The van der Waals surface area contributed by atoms with Crippen molar-refractivity contribution in [2.24, 2.45) is 0 Å². The lowest BCUT2D eigenvalue weighted by atomic mass is 10.2. The van der Waals surface area contributed by atoms with Crippen molar-refractivity contribution >= 4 is 17.5 Å². The molecule has 0 aliphatic heterocycles. The summed E-state index contributed by atoms with van der Waals surface area (Å²) in [7, 11) is 0. The first-order valence-corrected chi connectivity index (χ1v) is 6.16. The Kier molecular flexibility index (Phi) is 4.41. The molecule has 0 saturated carbocycles. The van der Waals surface area contributed by atoms with E-state index in [-0.39, 0.29) is 12.5 Å². The van der Waals surface area contributed by atoms with Gasteiger partial charge >= 0.3 is 0 Å². The number of nitrogens with zero attached hydrogens (tertiary/aromatic N) is 1. The quantitative estimate of drug-likeness (QED) is 0.880. The van der Waals surface area contributed by atoms with Crippen molar-refractivity contribution in [2.75, 3.05) is 6.61 Å². The third kappa shape index (κ3) is 3.99. The summed E-state index contributed by atoms with van der Waals surface area (Å²) in [6.07, 6.45) is 3.38. The maximum Gasteiger partial charge on any atom is 0.258 e. The first kappa shape index (κ1) is 13.4. The van der Waals surface area contributed by atoms with Gasteiger partial charge in [0, 0.05) is 23.3 Å². The van der Waals surface area contributed by atoms with Crippen LogP contribution in [0.2, 0.25) is 5.02 Å². The van der Waals surface area contributed by atoms with E-state index in [4.69, 9.17) is 16.3 Å². The molecule has 0 fully saturated rings. The number of aromatic nitrogens is 2. The molecule has 0 aliphatic carbocycles. The second-order valence-corrected chi connectivity index (χ2v) is 4.52. The SMILES string of the molecule is Cc1cc(Cl)ccc1OCC(=O)NCc1cn[nH]c1. The van der Waals surface area contributed by atoms with Crippen LogP contribution in [-0.2, 0) is 11.3 Å². The summed E-state index contributed by atoms with van der Waals surface area (Å²) in [6.45, 7) is 2.28. The van der Waals surface area contributed by atoms with Crippen LogP contribution in [0, 0.1) is 6.92 Å². The number of hydrogen-bond donors (Lipinski definition) is 2. The molecule has 100 valence electrons. The molecule has 0 radical (unpaired) electrons. The van der Waals surface area contributed by atoms with E-state index in [0.717, 1.165) is 11.1 Å². The fraction of sp³-hybridized carbons (Fsp3) is 0.231. The third-order valence-electron chi connectivity index (χ3n) is 2.54. The van der Waals surface area contributed by atoms with E-state index in [1.165, 1.54) is 0 Å². The van der Waals surface area contributed by atoms with E-state index in [2.05, 4.69) is 15.5 Å². The van der Waals surface area contributed by atoms with Crippen LogP contribution in [0.1, 0.15) is 11.1 Å². The number of amides is 1. The zero-order valence-corrected chi connectivity index (χ0v) is 11.2. The molecule has 1 aromatic carbocycles. The number of halogens is 1. The number of carbonyl (C=O) groups is 1. The number of nitrogens with one attached hydrogen (secondary N) is 2. The number of ether oxygens (including phenoxy) is 1. The normalized spacial score (nSPS) is 10.2. The number of H-pyrrole nitrogens is 1. The van der Waals surface area contributed by atoms with E-state index in [0.29, 0.717) is 17.3 Å². The molecule has 0 unspecified atom stereocenters. The van der Waals surface area contributed by atoms with Gasteiger partial charge in [-0.25, -0.2) is 0 Å². The number of hydrogen-bond acceptors (Lipinski definition) is 3. The van der Waals surface area contributed by atoms with Gasteiger partial charge in [0.2, 0.25) is 0 Å². The Labute approximate surface area is 115 Å². The highest BCUT2D eigenvalue weighted by atomic mass is 35.5. The second-order valence-electron chi connectivity index (χ2n) is 4.08. The zero-order valence-electron chi connectivity index (χ0n) is 10.4. The number of carbonyl (C=O) groups excluding carboxylic acids is 1. The molecule has 2 rings (SSSR count). The van der Waals surface area contributed by atoms with Crippen LogP contribution in [0.15, 0.2) is 30.6 Å². The van der Waals surface area contributed by atoms with E-state index in [9.17, 15) is 4.79 Å². The molecule has 1 amide bonds. The summed E-state index contributed by atoms with van der Waals surface area (Å²) < 4.78 is 5.43. The molecule has 0 aliphatic rings. The maximum absolute atomic E-state index is 11.6. The number of benzene rings is 1. The third-order valence-corrected chi connectivity index (χ3v) is 2.78. The van der Waals surface area contributed by atoms with Crippen LogP contribution in [0.4, 0.5) is 0 Å². The zero-order chi connectivity index (χ0) is 13.7. The minimum Gasteiger partial charge on any atom is -0.484 e. The van der Waals surface area contributed by atoms with Crippen molar-refractivity contribution in [3.8, 4) is 5.75 Å². The predicted octanol–water partition coefficient (Wildman–Crippen LogP) is 2.07. The highest BCUT2D eigenvalue weighted by Crippen LogP contribution is 2.21. The Morgan fingerprint density at radius 3 is 3.05 bits per heavy atom. The van der Waals surface area contributed by atoms with Gasteiger partial charge in [0.1, 0.15) is 5.75 Å². The summed E-state index contributed by atoms with van der Waals surface area (Å²) in [5.74, 6) is 0.471. The van der Waals surface area contributed by atoms with Crippen LogP contribution in [0.3, 0.4) is 0 Å². The van der Waals surface area contributed by atoms with Crippen molar-refractivity contribution in [1.82, 2.24) is 15.5 Å². The monoisotopic (exact) mass is 279 g/mol. The van der Waals surface area contributed by atoms with Gasteiger partial charge in [-0.1, -0.05) is 11.6 Å².